The molecule has 0 aliphatic heterocycles. The van der Waals surface area contributed by atoms with Gasteiger partial charge < -0.3 is 10.3 Å². The molecular weight excluding hydrogens is 243 g/mol. The lowest BCUT2D eigenvalue weighted by molar-refractivity contribution is 0.496. The molecule has 2 N–H and O–H groups in total. The summed E-state index contributed by atoms with van der Waals surface area (Å²) in [5, 5.41) is 0. The van der Waals surface area contributed by atoms with E-state index >= 15 is 0 Å². The van der Waals surface area contributed by atoms with Crippen LogP contribution in [0.25, 0.3) is 11.3 Å². The maximum absolute atomic E-state index is 13.6. The molecule has 1 heterocycles. The first-order chi connectivity index (χ1) is 8.54. The third-order valence-corrected chi connectivity index (χ3v) is 2.47. The lowest BCUT2D eigenvalue weighted by Gasteiger charge is -2.04. The monoisotopic (exact) mass is 253 g/mol. The van der Waals surface area contributed by atoms with Crippen LogP contribution in [-0.2, 0) is 6.54 Å². The van der Waals surface area contributed by atoms with E-state index < -0.39 is 17.5 Å². The van der Waals surface area contributed by atoms with Gasteiger partial charge in [0.2, 0.25) is 0 Å². The summed E-state index contributed by atoms with van der Waals surface area (Å²) in [6, 6.07) is 1.21. The van der Waals surface area contributed by atoms with Crippen molar-refractivity contribution in [3.8, 4) is 11.3 Å². The molecular formula is C12H10F3N3. The molecule has 0 radical (unpaired) electrons. The SMILES string of the molecule is C=CCn1cnc(-c2cc(F)c(F)cc2F)c1N. The maximum Gasteiger partial charge on any atom is 0.161 e. The molecule has 0 unspecified atom stereocenters. The topological polar surface area (TPSA) is 43.8 Å². The third kappa shape index (κ3) is 1.97. The molecule has 6 heteroatoms. The summed E-state index contributed by atoms with van der Waals surface area (Å²) >= 11 is 0. The molecule has 2 aromatic rings. The molecule has 1 aromatic heterocycles. The predicted octanol–water partition coefficient (Wildman–Crippen LogP) is 2.74. The number of hydrogen-bond acceptors (Lipinski definition) is 2. The molecule has 0 saturated carbocycles. The van der Waals surface area contributed by atoms with Crippen LogP contribution in [0.5, 0.6) is 0 Å². The third-order valence-electron chi connectivity index (χ3n) is 2.47. The number of halogens is 3. The van der Waals surface area contributed by atoms with Crippen LogP contribution in [-0.4, -0.2) is 9.55 Å². The van der Waals surface area contributed by atoms with Crippen molar-refractivity contribution >= 4 is 5.82 Å². The Bertz CT molecular complexity index is 605. The predicted molar refractivity (Wildman–Crippen MR) is 62.1 cm³/mol. The summed E-state index contributed by atoms with van der Waals surface area (Å²) in [4.78, 5) is 3.90. The Morgan fingerprint density at radius 2 is 1.89 bits per heavy atom. The highest BCUT2D eigenvalue weighted by molar-refractivity contribution is 5.71. The van der Waals surface area contributed by atoms with E-state index in [9.17, 15) is 13.2 Å². The van der Waals surface area contributed by atoms with E-state index in [4.69, 9.17) is 5.73 Å². The van der Waals surface area contributed by atoms with Crippen LogP contribution >= 0.6 is 0 Å². The number of allylic oxidation sites excluding steroid dienone is 1. The molecule has 0 spiro atoms. The average Bonchev–Trinajstić information content (AvgIpc) is 2.67. The molecule has 0 bridgehead atoms. The molecule has 0 aliphatic carbocycles. The van der Waals surface area contributed by atoms with E-state index in [-0.39, 0.29) is 17.1 Å². The van der Waals surface area contributed by atoms with Gasteiger partial charge in [-0.15, -0.1) is 6.58 Å². The highest BCUT2D eigenvalue weighted by Crippen LogP contribution is 2.28. The summed E-state index contributed by atoms with van der Waals surface area (Å²) in [5.41, 5.74) is 5.65. The number of imidazole rings is 1. The van der Waals surface area contributed by atoms with Crippen molar-refractivity contribution in [2.75, 3.05) is 5.73 Å². The Hall–Kier alpha value is -2.24. The van der Waals surface area contributed by atoms with Crippen LogP contribution < -0.4 is 5.73 Å². The van der Waals surface area contributed by atoms with Gasteiger partial charge in [0.1, 0.15) is 17.3 Å². The number of hydrogen-bond donors (Lipinski definition) is 1. The van der Waals surface area contributed by atoms with Gasteiger partial charge in [0.05, 0.1) is 6.33 Å². The van der Waals surface area contributed by atoms with Gasteiger partial charge in [-0.3, -0.25) is 0 Å². The van der Waals surface area contributed by atoms with E-state index in [0.717, 1.165) is 6.07 Å². The van der Waals surface area contributed by atoms with Crippen LogP contribution in [0.4, 0.5) is 19.0 Å². The standard InChI is InChI=1S/C12H10F3N3/c1-2-3-18-6-17-11(12(18)16)7-4-9(14)10(15)5-8(7)13/h2,4-6H,1,3,16H2. The first kappa shape index (κ1) is 12.2. The van der Waals surface area contributed by atoms with Crippen molar-refractivity contribution in [2.45, 2.75) is 6.54 Å². The average molecular weight is 253 g/mol. The zero-order valence-electron chi connectivity index (χ0n) is 9.33. The Kier molecular flexibility index (Phi) is 3.10. The van der Waals surface area contributed by atoms with Crippen LogP contribution in [0.15, 0.2) is 31.1 Å². The molecule has 0 amide bonds. The zero-order chi connectivity index (χ0) is 13.3. The summed E-state index contributed by atoms with van der Waals surface area (Å²) in [5.74, 6) is -3.14. The van der Waals surface area contributed by atoms with E-state index in [0.29, 0.717) is 12.6 Å². The summed E-state index contributed by atoms with van der Waals surface area (Å²) in [6.45, 7) is 3.93. The Labute approximate surface area is 101 Å². The van der Waals surface area contributed by atoms with Gasteiger partial charge in [0, 0.05) is 18.2 Å². The number of nitrogens with zero attached hydrogens (tertiary/aromatic N) is 2. The Balaban J connectivity index is 2.55. The maximum atomic E-state index is 13.6. The highest BCUT2D eigenvalue weighted by atomic mass is 19.2. The van der Waals surface area contributed by atoms with Gasteiger partial charge in [0.15, 0.2) is 11.6 Å². The fraction of sp³-hybridized carbons (Fsp3) is 0.0833. The highest BCUT2D eigenvalue weighted by Gasteiger charge is 2.16. The van der Waals surface area contributed by atoms with Crippen LogP contribution in [0.2, 0.25) is 0 Å². The molecule has 0 atom stereocenters. The summed E-state index contributed by atoms with van der Waals surface area (Å²) < 4.78 is 41.0. The van der Waals surface area contributed by atoms with Crippen molar-refractivity contribution in [1.82, 2.24) is 9.55 Å². The summed E-state index contributed by atoms with van der Waals surface area (Å²) in [6.07, 6.45) is 2.97. The molecule has 0 saturated heterocycles. The van der Waals surface area contributed by atoms with Gasteiger partial charge in [-0.05, 0) is 6.07 Å². The fourth-order valence-corrected chi connectivity index (χ4v) is 1.59. The van der Waals surface area contributed by atoms with E-state index in [1.54, 1.807) is 6.08 Å². The lowest BCUT2D eigenvalue weighted by Crippen LogP contribution is -2.01. The quantitative estimate of drug-likeness (QED) is 0.675. The molecule has 94 valence electrons. The Morgan fingerprint density at radius 3 is 2.56 bits per heavy atom. The van der Waals surface area contributed by atoms with Crippen LogP contribution in [0.3, 0.4) is 0 Å². The fourth-order valence-electron chi connectivity index (χ4n) is 1.59. The van der Waals surface area contributed by atoms with Gasteiger partial charge in [-0.1, -0.05) is 6.08 Å². The van der Waals surface area contributed by atoms with Gasteiger partial charge in [-0.25, -0.2) is 18.2 Å². The minimum atomic E-state index is -1.25. The van der Waals surface area contributed by atoms with E-state index in [1.165, 1.54) is 10.9 Å². The first-order valence-electron chi connectivity index (χ1n) is 5.11. The van der Waals surface area contributed by atoms with Crippen LogP contribution in [0, 0.1) is 17.5 Å². The smallest absolute Gasteiger partial charge is 0.161 e. The van der Waals surface area contributed by atoms with Gasteiger partial charge in [-0.2, -0.15) is 0 Å². The number of nitrogen functional groups attached to an aromatic ring is 1. The largest absolute Gasteiger partial charge is 0.383 e. The van der Waals surface area contributed by atoms with Crippen molar-refractivity contribution in [3.63, 3.8) is 0 Å². The second kappa shape index (κ2) is 4.56. The van der Waals surface area contributed by atoms with Gasteiger partial charge in [0.25, 0.3) is 0 Å². The normalized spacial score (nSPS) is 10.6. The van der Waals surface area contributed by atoms with Crippen molar-refractivity contribution in [2.24, 2.45) is 0 Å². The number of aromatic nitrogens is 2. The molecule has 0 aliphatic rings. The second-order valence-corrected chi connectivity index (χ2v) is 3.67. The van der Waals surface area contributed by atoms with E-state index in [1.807, 2.05) is 0 Å². The van der Waals surface area contributed by atoms with Crippen molar-refractivity contribution in [3.05, 3.63) is 48.6 Å². The molecule has 2 rings (SSSR count). The van der Waals surface area contributed by atoms with Crippen molar-refractivity contribution < 1.29 is 13.2 Å². The number of nitrogens with two attached hydrogens (primary N) is 1. The lowest BCUT2D eigenvalue weighted by atomic mass is 10.1. The molecule has 0 fully saturated rings. The van der Waals surface area contributed by atoms with Gasteiger partial charge >= 0.3 is 0 Å². The number of rotatable bonds is 3. The van der Waals surface area contributed by atoms with Crippen LogP contribution in [0.1, 0.15) is 0 Å². The summed E-state index contributed by atoms with van der Waals surface area (Å²) in [7, 11) is 0. The second-order valence-electron chi connectivity index (χ2n) is 3.67. The minimum absolute atomic E-state index is 0.0771. The number of benzene rings is 1. The minimum Gasteiger partial charge on any atom is -0.383 e. The molecule has 1 aromatic carbocycles. The van der Waals surface area contributed by atoms with E-state index in [2.05, 4.69) is 11.6 Å². The molecule has 18 heavy (non-hydrogen) atoms. The van der Waals surface area contributed by atoms with Crippen molar-refractivity contribution in [1.29, 1.82) is 0 Å². The zero-order valence-corrected chi connectivity index (χ0v) is 9.33. The Morgan fingerprint density at radius 1 is 1.22 bits per heavy atom. The molecule has 3 nitrogen and oxygen atoms in total. The first-order valence-corrected chi connectivity index (χ1v) is 5.11. The number of anilines is 1.